The van der Waals surface area contributed by atoms with Crippen LogP contribution in [0.5, 0.6) is 0 Å². The van der Waals surface area contributed by atoms with Gasteiger partial charge in [-0.25, -0.2) is 4.79 Å². The van der Waals surface area contributed by atoms with E-state index in [1.165, 1.54) is 22.3 Å². The zero-order valence-electron chi connectivity index (χ0n) is 15.0. The SMILES string of the molecule is Cn1nccc1C(O)CNC(=O)OCC1c2ccccc2-c2ccccc21. The molecular formula is C21H21N3O3. The zero-order valence-corrected chi connectivity index (χ0v) is 15.0. The van der Waals surface area contributed by atoms with Gasteiger partial charge in [-0.1, -0.05) is 48.5 Å². The molecule has 6 heteroatoms. The maximum absolute atomic E-state index is 12.1. The molecule has 2 aromatic carbocycles. The molecule has 0 saturated heterocycles. The molecule has 1 unspecified atom stereocenters. The molecule has 4 rings (SSSR count). The number of amides is 1. The van der Waals surface area contributed by atoms with Crippen molar-refractivity contribution in [2.45, 2.75) is 12.0 Å². The summed E-state index contributed by atoms with van der Waals surface area (Å²) in [4.78, 5) is 12.1. The predicted molar refractivity (Wildman–Crippen MR) is 101 cm³/mol. The number of hydrogen-bond acceptors (Lipinski definition) is 4. The summed E-state index contributed by atoms with van der Waals surface area (Å²) in [7, 11) is 1.74. The number of aliphatic hydroxyl groups is 1. The van der Waals surface area contributed by atoms with E-state index in [9.17, 15) is 9.90 Å². The first-order valence-electron chi connectivity index (χ1n) is 8.90. The maximum Gasteiger partial charge on any atom is 0.407 e. The van der Waals surface area contributed by atoms with Crippen LogP contribution in [0, 0.1) is 0 Å². The van der Waals surface area contributed by atoms with Gasteiger partial charge in [0.05, 0.1) is 12.2 Å². The van der Waals surface area contributed by atoms with Gasteiger partial charge in [-0.05, 0) is 28.3 Å². The number of aryl methyl sites for hydroxylation is 1. The highest BCUT2D eigenvalue weighted by atomic mass is 16.5. The number of carbonyl (C=O) groups excluding carboxylic acids is 1. The molecule has 1 heterocycles. The first-order chi connectivity index (χ1) is 13.1. The van der Waals surface area contributed by atoms with E-state index in [0.29, 0.717) is 5.69 Å². The summed E-state index contributed by atoms with van der Waals surface area (Å²) >= 11 is 0. The van der Waals surface area contributed by atoms with Crippen molar-refractivity contribution >= 4 is 6.09 Å². The number of rotatable bonds is 5. The van der Waals surface area contributed by atoms with Crippen molar-refractivity contribution in [1.82, 2.24) is 15.1 Å². The summed E-state index contributed by atoms with van der Waals surface area (Å²) in [5.41, 5.74) is 5.35. The van der Waals surface area contributed by atoms with Crippen molar-refractivity contribution in [3.63, 3.8) is 0 Å². The van der Waals surface area contributed by atoms with Crippen molar-refractivity contribution in [1.29, 1.82) is 0 Å². The number of carbonyl (C=O) groups is 1. The van der Waals surface area contributed by atoms with Gasteiger partial charge in [-0.3, -0.25) is 4.68 Å². The van der Waals surface area contributed by atoms with Gasteiger partial charge < -0.3 is 15.2 Å². The third-order valence-electron chi connectivity index (χ3n) is 4.98. The van der Waals surface area contributed by atoms with E-state index in [1.54, 1.807) is 24.0 Å². The molecule has 1 aromatic heterocycles. The average Bonchev–Trinajstić information content (AvgIpc) is 3.26. The van der Waals surface area contributed by atoms with E-state index in [2.05, 4.69) is 34.7 Å². The van der Waals surface area contributed by atoms with Crippen LogP contribution in [-0.2, 0) is 11.8 Å². The molecule has 0 saturated carbocycles. The summed E-state index contributed by atoms with van der Waals surface area (Å²) in [6.07, 6.45) is 0.224. The number of fused-ring (bicyclic) bond motifs is 3. The van der Waals surface area contributed by atoms with Crippen LogP contribution in [0.4, 0.5) is 4.79 Å². The Kier molecular flexibility index (Phi) is 4.64. The molecule has 2 N–H and O–H groups in total. The molecule has 0 aliphatic heterocycles. The van der Waals surface area contributed by atoms with E-state index in [0.717, 1.165) is 0 Å². The quantitative estimate of drug-likeness (QED) is 0.731. The highest BCUT2D eigenvalue weighted by molar-refractivity contribution is 5.79. The Balaban J connectivity index is 1.39. The normalized spacial score (nSPS) is 13.7. The number of aliphatic hydroxyl groups excluding tert-OH is 1. The van der Waals surface area contributed by atoms with E-state index >= 15 is 0 Å². The second-order valence-electron chi connectivity index (χ2n) is 6.60. The summed E-state index contributed by atoms with van der Waals surface area (Å²) in [6, 6.07) is 18.1. The van der Waals surface area contributed by atoms with Gasteiger partial charge in [0.15, 0.2) is 0 Å². The molecule has 1 aliphatic rings. The van der Waals surface area contributed by atoms with Crippen LogP contribution in [0.25, 0.3) is 11.1 Å². The van der Waals surface area contributed by atoms with Crippen molar-refractivity contribution in [2.75, 3.05) is 13.2 Å². The van der Waals surface area contributed by atoms with Crippen LogP contribution in [0.2, 0.25) is 0 Å². The summed E-state index contributed by atoms with van der Waals surface area (Å²) in [5, 5.41) is 16.8. The van der Waals surface area contributed by atoms with Gasteiger partial charge in [-0.2, -0.15) is 5.10 Å². The third kappa shape index (κ3) is 3.31. The second-order valence-corrected chi connectivity index (χ2v) is 6.60. The van der Waals surface area contributed by atoms with Crippen LogP contribution < -0.4 is 5.32 Å². The van der Waals surface area contributed by atoms with E-state index in [-0.39, 0.29) is 19.1 Å². The van der Waals surface area contributed by atoms with Crippen molar-refractivity contribution in [3.8, 4) is 11.1 Å². The molecule has 3 aromatic rings. The number of aromatic nitrogens is 2. The Bertz CT molecular complexity index is 921. The highest BCUT2D eigenvalue weighted by Crippen LogP contribution is 2.44. The molecule has 1 atom stereocenters. The maximum atomic E-state index is 12.1. The average molecular weight is 363 g/mol. The van der Waals surface area contributed by atoms with Gasteiger partial charge in [0.2, 0.25) is 0 Å². The number of nitrogens with zero attached hydrogens (tertiary/aromatic N) is 2. The molecule has 0 bridgehead atoms. The molecule has 6 nitrogen and oxygen atoms in total. The monoisotopic (exact) mass is 363 g/mol. The number of nitrogens with one attached hydrogen (secondary N) is 1. The van der Waals surface area contributed by atoms with Crippen LogP contribution in [0.3, 0.4) is 0 Å². The Morgan fingerprint density at radius 2 is 1.78 bits per heavy atom. The lowest BCUT2D eigenvalue weighted by Gasteiger charge is -2.16. The lowest BCUT2D eigenvalue weighted by Crippen LogP contribution is -2.30. The Labute approximate surface area is 157 Å². The summed E-state index contributed by atoms with van der Waals surface area (Å²) in [6.45, 7) is 0.317. The predicted octanol–water partition coefficient (Wildman–Crippen LogP) is 2.99. The fourth-order valence-corrected chi connectivity index (χ4v) is 3.64. The topological polar surface area (TPSA) is 76.4 Å². The standard InChI is InChI=1S/C21H21N3O3/c1-24-19(10-11-23-24)20(25)12-22-21(26)27-13-18-16-8-4-2-6-14(16)15-7-3-5-9-17(15)18/h2-11,18,20,25H,12-13H2,1H3,(H,22,26). The Morgan fingerprint density at radius 1 is 1.15 bits per heavy atom. The second kappa shape index (κ2) is 7.25. The lowest BCUT2D eigenvalue weighted by atomic mass is 9.98. The van der Waals surface area contributed by atoms with Crippen LogP contribution in [0.15, 0.2) is 60.8 Å². The van der Waals surface area contributed by atoms with E-state index in [1.807, 2.05) is 24.3 Å². The highest BCUT2D eigenvalue weighted by Gasteiger charge is 2.29. The molecule has 0 radical (unpaired) electrons. The minimum atomic E-state index is -0.835. The smallest absolute Gasteiger partial charge is 0.407 e. The van der Waals surface area contributed by atoms with E-state index < -0.39 is 12.2 Å². The molecule has 1 aliphatic carbocycles. The molecule has 138 valence electrons. The summed E-state index contributed by atoms with van der Waals surface area (Å²) < 4.78 is 7.03. The van der Waals surface area contributed by atoms with Gasteiger partial charge in [0.1, 0.15) is 12.7 Å². The minimum absolute atomic E-state index is 0.0187. The van der Waals surface area contributed by atoms with Crippen LogP contribution >= 0.6 is 0 Å². The van der Waals surface area contributed by atoms with E-state index in [4.69, 9.17) is 4.74 Å². The lowest BCUT2D eigenvalue weighted by molar-refractivity contribution is 0.126. The fourth-order valence-electron chi connectivity index (χ4n) is 3.64. The first-order valence-corrected chi connectivity index (χ1v) is 8.90. The Hall–Kier alpha value is -3.12. The minimum Gasteiger partial charge on any atom is -0.449 e. The van der Waals surface area contributed by atoms with Crippen molar-refractivity contribution in [2.24, 2.45) is 7.05 Å². The first kappa shape index (κ1) is 17.3. The number of benzene rings is 2. The molecule has 1 amide bonds. The van der Waals surface area contributed by atoms with Gasteiger partial charge in [0.25, 0.3) is 0 Å². The fraction of sp³-hybridized carbons (Fsp3) is 0.238. The largest absolute Gasteiger partial charge is 0.449 e. The summed E-state index contributed by atoms with van der Waals surface area (Å²) in [5.74, 6) is 0.0187. The van der Waals surface area contributed by atoms with Crippen molar-refractivity contribution < 1.29 is 14.6 Å². The third-order valence-corrected chi connectivity index (χ3v) is 4.98. The number of hydrogen-bond donors (Lipinski definition) is 2. The number of alkyl carbamates (subject to hydrolysis) is 1. The van der Waals surface area contributed by atoms with Gasteiger partial charge >= 0.3 is 6.09 Å². The van der Waals surface area contributed by atoms with Crippen LogP contribution in [0.1, 0.15) is 28.8 Å². The molecular weight excluding hydrogens is 342 g/mol. The Morgan fingerprint density at radius 3 is 2.37 bits per heavy atom. The van der Waals surface area contributed by atoms with Crippen LogP contribution in [-0.4, -0.2) is 34.1 Å². The molecule has 27 heavy (non-hydrogen) atoms. The van der Waals surface area contributed by atoms with Gasteiger partial charge in [-0.15, -0.1) is 0 Å². The zero-order chi connectivity index (χ0) is 18.8. The van der Waals surface area contributed by atoms with Gasteiger partial charge in [0, 0.05) is 19.2 Å². The van der Waals surface area contributed by atoms with Crippen molar-refractivity contribution in [3.05, 3.63) is 77.6 Å². The molecule has 0 spiro atoms. The number of ether oxygens (including phenoxy) is 1. The molecule has 0 fully saturated rings.